The minimum Gasteiger partial charge on any atom is -0.383 e. The van der Waals surface area contributed by atoms with Crippen molar-refractivity contribution in [3.63, 3.8) is 0 Å². The van der Waals surface area contributed by atoms with Gasteiger partial charge in [-0.05, 0) is 13.0 Å². The molecule has 0 aliphatic heterocycles. The van der Waals surface area contributed by atoms with E-state index in [0.29, 0.717) is 19.7 Å². The van der Waals surface area contributed by atoms with Crippen LogP contribution in [-0.4, -0.2) is 39.3 Å². The van der Waals surface area contributed by atoms with E-state index in [1.807, 2.05) is 0 Å². The molecule has 0 rings (SSSR count). The van der Waals surface area contributed by atoms with E-state index in [1.165, 1.54) is 12.8 Å². The summed E-state index contributed by atoms with van der Waals surface area (Å²) in [6, 6.07) is 0. The van der Waals surface area contributed by atoms with Gasteiger partial charge >= 0.3 is 0 Å². The molecule has 1 amide bonds. The highest BCUT2D eigenvalue weighted by molar-refractivity contribution is 5.77. The zero-order valence-corrected chi connectivity index (χ0v) is 9.27. The van der Waals surface area contributed by atoms with Crippen molar-refractivity contribution in [2.75, 3.05) is 33.4 Å². The number of methoxy groups -OCH3 is 1. The Kier molecular flexibility index (Phi) is 10.0. The average Bonchev–Trinajstić information content (AvgIpc) is 2.18. The van der Waals surface area contributed by atoms with Crippen molar-refractivity contribution < 1.29 is 9.53 Å². The molecule has 0 atom stereocenters. The third-order valence-electron chi connectivity index (χ3n) is 1.87. The minimum atomic E-state index is 0.0403. The molecule has 0 aromatic carbocycles. The monoisotopic (exact) mass is 202 g/mol. The predicted molar refractivity (Wildman–Crippen MR) is 57.3 cm³/mol. The van der Waals surface area contributed by atoms with Crippen LogP contribution in [0.3, 0.4) is 0 Å². The Morgan fingerprint density at radius 3 is 2.71 bits per heavy atom. The van der Waals surface area contributed by atoms with Crippen molar-refractivity contribution in [3.05, 3.63) is 0 Å². The van der Waals surface area contributed by atoms with E-state index in [2.05, 4.69) is 17.6 Å². The number of unbranched alkanes of at least 4 members (excludes halogenated alkanes) is 2. The van der Waals surface area contributed by atoms with Gasteiger partial charge in [-0.2, -0.15) is 0 Å². The van der Waals surface area contributed by atoms with Gasteiger partial charge in [0.15, 0.2) is 0 Å². The fourth-order valence-electron chi connectivity index (χ4n) is 1.06. The van der Waals surface area contributed by atoms with Crippen molar-refractivity contribution in [1.82, 2.24) is 10.6 Å². The number of rotatable bonds is 9. The second-order valence-corrected chi connectivity index (χ2v) is 3.23. The molecule has 0 aliphatic rings. The molecule has 4 nitrogen and oxygen atoms in total. The van der Waals surface area contributed by atoms with Crippen molar-refractivity contribution in [3.8, 4) is 0 Å². The molecule has 0 aromatic heterocycles. The molecule has 0 radical (unpaired) electrons. The number of hydrogen-bond acceptors (Lipinski definition) is 3. The fraction of sp³-hybridized carbons (Fsp3) is 0.900. The molecule has 0 fully saturated rings. The quantitative estimate of drug-likeness (QED) is 0.536. The first-order chi connectivity index (χ1) is 6.81. The van der Waals surface area contributed by atoms with Gasteiger partial charge in [0.1, 0.15) is 0 Å². The molecule has 2 N–H and O–H groups in total. The van der Waals surface area contributed by atoms with E-state index in [9.17, 15) is 4.79 Å². The summed E-state index contributed by atoms with van der Waals surface area (Å²) in [5.41, 5.74) is 0. The van der Waals surface area contributed by atoms with Crippen molar-refractivity contribution in [2.24, 2.45) is 0 Å². The van der Waals surface area contributed by atoms with Crippen LogP contribution >= 0.6 is 0 Å². The molecule has 0 saturated carbocycles. The van der Waals surface area contributed by atoms with Gasteiger partial charge in [-0.15, -0.1) is 0 Å². The molecule has 0 unspecified atom stereocenters. The third-order valence-corrected chi connectivity index (χ3v) is 1.87. The van der Waals surface area contributed by atoms with Crippen LogP contribution in [0.15, 0.2) is 0 Å². The summed E-state index contributed by atoms with van der Waals surface area (Å²) in [7, 11) is 1.62. The van der Waals surface area contributed by atoms with Gasteiger partial charge in [0, 0.05) is 13.7 Å². The number of carbonyl (C=O) groups excluding carboxylic acids is 1. The normalized spacial score (nSPS) is 10.1. The molecular formula is C10H22N2O2. The Hall–Kier alpha value is -0.610. The SMILES string of the molecule is CCCCCNCC(=O)NCCOC. The highest BCUT2D eigenvalue weighted by atomic mass is 16.5. The summed E-state index contributed by atoms with van der Waals surface area (Å²) in [6.07, 6.45) is 3.57. The Morgan fingerprint density at radius 2 is 2.07 bits per heavy atom. The van der Waals surface area contributed by atoms with Gasteiger partial charge in [-0.25, -0.2) is 0 Å². The molecule has 0 aromatic rings. The maximum Gasteiger partial charge on any atom is 0.234 e. The molecule has 0 aliphatic carbocycles. The summed E-state index contributed by atoms with van der Waals surface area (Å²) >= 11 is 0. The topological polar surface area (TPSA) is 50.4 Å². The molecule has 4 heteroatoms. The van der Waals surface area contributed by atoms with Crippen LogP contribution < -0.4 is 10.6 Å². The van der Waals surface area contributed by atoms with Crippen LogP contribution in [0.25, 0.3) is 0 Å². The minimum absolute atomic E-state index is 0.0403. The van der Waals surface area contributed by atoms with Crippen LogP contribution in [-0.2, 0) is 9.53 Å². The van der Waals surface area contributed by atoms with Crippen molar-refractivity contribution in [2.45, 2.75) is 26.2 Å². The summed E-state index contributed by atoms with van der Waals surface area (Å²) in [6.45, 7) is 4.66. The second-order valence-electron chi connectivity index (χ2n) is 3.23. The number of amides is 1. The van der Waals surface area contributed by atoms with Gasteiger partial charge in [0.2, 0.25) is 5.91 Å². The highest BCUT2D eigenvalue weighted by Gasteiger charge is 1.98. The standard InChI is InChI=1S/C10H22N2O2/c1-3-4-5-6-11-9-10(13)12-7-8-14-2/h11H,3-9H2,1-2H3,(H,12,13). The first kappa shape index (κ1) is 13.4. The molecule has 0 heterocycles. The lowest BCUT2D eigenvalue weighted by Crippen LogP contribution is -2.35. The molecular weight excluding hydrogens is 180 g/mol. The van der Waals surface area contributed by atoms with Crippen molar-refractivity contribution >= 4 is 5.91 Å². The van der Waals surface area contributed by atoms with Crippen LogP contribution in [0.2, 0.25) is 0 Å². The van der Waals surface area contributed by atoms with E-state index in [1.54, 1.807) is 7.11 Å². The van der Waals surface area contributed by atoms with E-state index in [4.69, 9.17) is 4.74 Å². The fourth-order valence-corrected chi connectivity index (χ4v) is 1.06. The Labute approximate surface area is 86.4 Å². The van der Waals surface area contributed by atoms with E-state index >= 15 is 0 Å². The molecule has 0 spiro atoms. The second kappa shape index (κ2) is 10.5. The lowest BCUT2D eigenvalue weighted by atomic mass is 10.2. The largest absolute Gasteiger partial charge is 0.383 e. The van der Waals surface area contributed by atoms with Crippen molar-refractivity contribution in [1.29, 1.82) is 0 Å². The Bertz CT molecular complexity index is 140. The molecule has 0 bridgehead atoms. The van der Waals surface area contributed by atoms with E-state index in [0.717, 1.165) is 13.0 Å². The maximum atomic E-state index is 11.1. The third kappa shape index (κ3) is 9.48. The van der Waals surface area contributed by atoms with Gasteiger partial charge in [-0.3, -0.25) is 4.79 Å². The summed E-state index contributed by atoms with van der Waals surface area (Å²) in [5, 5.41) is 5.84. The molecule has 14 heavy (non-hydrogen) atoms. The zero-order valence-electron chi connectivity index (χ0n) is 9.27. The average molecular weight is 202 g/mol. The lowest BCUT2D eigenvalue weighted by Gasteiger charge is -2.05. The van der Waals surface area contributed by atoms with Gasteiger partial charge in [0.05, 0.1) is 13.2 Å². The van der Waals surface area contributed by atoms with Crippen LogP contribution in [0.1, 0.15) is 26.2 Å². The van der Waals surface area contributed by atoms with Gasteiger partial charge in [-0.1, -0.05) is 19.8 Å². The van der Waals surface area contributed by atoms with Gasteiger partial charge < -0.3 is 15.4 Å². The Balaban J connectivity index is 3.10. The maximum absolute atomic E-state index is 11.1. The van der Waals surface area contributed by atoms with E-state index < -0.39 is 0 Å². The number of hydrogen-bond donors (Lipinski definition) is 2. The first-order valence-electron chi connectivity index (χ1n) is 5.27. The number of carbonyl (C=O) groups is 1. The number of nitrogens with one attached hydrogen (secondary N) is 2. The molecule has 0 saturated heterocycles. The summed E-state index contributed by atoms with van der Waals surface area (Å²) in [4.78, 5) is 11.1. The van der Waals surface area contributed by atoms with Crippen LogP contribution in [0.5, 0.6) is 0 Å². The first-order valence-corrected chi connectivity index (χ1v) is 5.27. The van der Waals surface area contributed by atoms with Gasteiger partial charge in [0.25, 0.3) is 0 Å². The van der Waals surface area contributed by atoms with E-state index in [-0.39, 0.29) is 5.91 Å². The number of ether oxygens (including phenoxy) is 1. The predicted octanol–water partition coefficient (Wildman–Crippen LogP) is 0.529. The lowest BCUT2D eigenvalue weighted by molar-refractivity contribution is -0.120. The summed E-state index contributed by atoms with van der Waals surface area (Å²) < 4.78 is 4.81. The van der Waals surface area contributed by atoms with Crippen LogP contribution in [0.4, 0.5) is 0 Å². The van der Waals surface area contributed by atoms with Crippen LogP contribution in [0, 0.1) is 0 Å². The smallest absolute Gasteiger partial charge is 0.234 e. The Morgan fingerprint density at radius 1 is 1.29 bits per heavy atom. The summed E-state index contributed by atoms with van der Waals surface area (Å²) in [5.74, 6) is 0.0403. The molecule has 84 valence electrons. The zero-order chi connectivity index (χ0) is 10.6. The highest BCUT2D eigenvalue weighted by Crippen LogP contribution is 1.90.